The third kappa shape index (κ3) is 4.74. The number of unbranched alkanes of at least 4 members (excludes halogenated alkanes) is 2. The Kier molecular flexibility index (Phi) is 5.10. The highest BCUT2D eigenvalue weighted by Gasteiger charge is 2.39. The van der Waals surface area contributed by atoms with Crippen LogP contribution in [0.2, 0.25) is 0 Å². The summed E-state index contributed by atoms with van der Waals surface area (Å²) in [6, 6.07) is 0. The highest BCUT2D eigenvalue weighted by atomic mass is 31.2. The van der Waals surface area contributed by atoms with Crippen LogP contribution in [0.4, 0.5) is 0 Å². The monoisotopic (exact) mass is 211 g/mol. The summed E-state index contributed by atoms with van der Waals surface area (Å²) in [5.41, 5.74) is 5.25. The van der Waals surface area contributed by atoms with E-state index in [1.165, 1.54) is 0 Å². The summed E-state index contributed by atoms with van der Waals surface area (Å²) in [7, 11) is -4.39. The Bertz CT molecular complexity index is 189. The van der Waals surface area contributed by atoms with Gasteiger partial charge in [0.25, 0.3) is 0 Å². The standard InChI is InChI=1S/C7H18NO4P/c1-7(9,13(10,11)12)5-3-2-4-6-8/h9H,2-6,8H2,1H3,(H2,10,11,12). The smallest absolute Gasteiger partial charge is 0.356 e. The number of nitrogens with two attached hydrogens (primary N) is 1. The first-order valence-corrected chi connectivity index (χ1v) is 5.90. The summed E-state index contributed by atoms with van der Waals surface area (Å²) in [6.07, 6.45) is 2.29. The summed E-state index contributed by atoms with van der Waals surface area (Å²) in [4.78, 5) is 17.5. The molecule has 0 aromatic rings. The van der Waals surface area contributed by atoms with E-state index < -0.39 is 12.9 Å². The molecule has 1 unspecified atom stereocenters. The van der Waals surface area contributed by atoms with E-state index in [4.69, 9.17) is 15.5 Å². The zero-order valence-corrected chi connectivity index (χ0v) is 8.70. The molecular weight excluding hydrogens is 193 g/mol. The van der Waals surface area contributed by atoms with Gasteiger partial charge in [-0.15, -0.1) is 0 Å². The minimum atomic E-state index is -4.39. The van der Waals surface area contributed by atoms with Crippen LogP contribution in [0.3, 0.4) is 0 Å². The number of rotatable bonds is 6. The molecule has 6 heteroatoms. The maximum Gasteiger partial charge on any atom is 0.356 e. The fourth-order valence-electron chi connectivity index (χ4n) is 0.927. The third-order valence-electron chi connectivity index (χ3n) is 1.98. The van der Waals surface area contributed by atoms with Crippen molar-refractivity contribution in [3.05, 3.63) is 0 Å². The minimum Gasteiger partial charge on any atom is -0.378 e. The minimum absolute atomic E-state index is 0.108. The summed E-state index contributed by atoms with van der Waals surface area (Å²) >= 11 is 0. The molecule has 0 bridgehead atoms. The van der Waals surface area contributed by atoms with Gasteiger partial charge in [-0.05, 0) is 32.7 Å². The molecule has 13 heavy (non-hydrogen) atoms. The summed E-state index contributed by atoms with van der Waals surface area (Å²) in [6.45, 7) is 1.73. The Morgan fingerprint density at radius 2 is 1.85 bits per heavy atom. The molecule has 0 heterocycles. The Balaban J connectivity index is 3.84. The van der Waals surface area contributed by atoms with Crippen LogP contribution in [0, 0.1) is 0 Å². The predicted molar refractivity (Wildman–Crippen MR) is 50.2 cm³/mol. The predicted octanol–water partition coefficient (Wildman–Crippen LogP) is 0.392. The van der Waals surface area contributed by atoms with Gasteiger partial charge in [-0.2, -0.15) is 0 Å². The second-order valence-corrected chi connectivity index (χ2v) is 5.41. The maximum atomic E-state index is 10.7. The first kappa shape index (κ1) is 13.1. The van der Waals surface area contributed by atoms with Gasteiger partial charge < -0.3 is 20.6 Å². The lowest BCUT2D eigenvalue weighted by Gasteiger charge is -2.23. The second kappa shape index (κ2) is 5.08. The van der Waals surface area contributed by atoms with Gasteiger partial charge in [-0.25, -0.2) is 0 Å². The molecule has 0 aromatic carbocycles. The molecule has 0 saturated carbocycles. The molecule has 5 N–H and O–H groups in total. The molecule has 0 aliphatic heterocycles. The van der Waals surface area contributed by atoms with Crippen molar-refractivity contribution in [1.82, 2.24) is 0 Å². The van der Waals surface area contributed by atoms with Crippen LogP contribution in [0.15, 0.2) is 0 Å². The molecule has 0 rings (SSSR count). The number of hydrogen-bond donors (Lipinski definition) is 4. The van der Waals surface area contributed by atoms with Crippen LogP contribution in [0.25, 0.3) is 0 Å². The normalized spacial score (nSPS) is 17.0. The van der Waals surface area contributed by atoms with Crippen molar-refractivity contribution < 1.29 is 19.5 Å². The Morgan fingerprint density at radius 3 is 2.23 bits per heavy atom. The van der Waals surface area contributed by atoms with E-state index in [-0.39, 0.29) is 6.42 Å². The lowest BCUT2D eigenvalue weighted by molar-refractivity contribution is 0.0972. The molecular formula is C7H18NO4P. The molecule has 0 aromatic heterocycles. The molecule has 0 radical (unpaired) electrons. The van der Waals surface area contributed by atoms with E-state index in [0.29, 0.717) is 13.0 Å². The van der Waals surface area contributed by atoms with Gasteiger partial charge in [0.2, 0.25) is 0 Å². The van der Waals surface area contributed by atoms with E-state index in [1.807, 2.05) is 0 Å². The fourth-order valence-corrected chi connectivity index (χ4v) is 1.38. The van der Waals surface area contributed by atoms with Gasteiger partial charge in [0.1, 0.15) is 0 Å². The van der Waals surface area contributed by atoms with Gasteiger partial charge in [-0.1, -0.05) is 6.42 Å². The lowest BCUT2D eigenvalue weighted by Crippen LogP contribution is -2.23. The Hall–Kier alpha value is 0.0700. The molecule has 0 amide bonds. The first-order valence-electron chi connectivity index (χ1n) is 4.29. The summed E-state index contributed by atoms with van der Waals surface area (Å²) < 4.78 is 10.7. The van der Waals surface area contributed by atoms with Crippen LogP contribution in [0.5, 0.6) is 0 Å². The van der Waals surface area contributed by atoms with Gasteiger partial charge in [0.15, 0.2) is 5.34 Å². The highest BCUT2D eigenvalue weighted by molar-refractivity contribution is 7.53. The van der Waals surface area contributed by atoms with E-state index >= 15 is 0 Å². The largest absolute Gasteiger partial charge is 0.378 e. The molecule has 0 aliphatic rings. The van der Waals surface area contributed by atoms with Crippen LogP contribution < -0.4 is 5.73 Å². The van der Waals surface area contributed by atoms with Crippen LogP contribution >= 0.6 is 7.60 Å². The van der Waals surface area contributed by atoms with Crippen LogP contribution in [-0.4, -0.2) is 26.8 Å². The summed E-state index contributed by atoms with van der Waals surface area (Å²) in [5.74, 6) is 0. The van der Waals surface area contributed by atoms with Crippen molar-refractivity contribution in [2.24, 2.45) is 5.73 Å². The first-order chi connectivity index (χ1) is 5.81. The van der Waals surface area contributed by atoms with E-state index in [9.17, 15) is 9.67 Å². The molecule has 0 spiro atoms. The highest BCUT2D eigenvalue weighted by Crippen LogP contribution is 2.50. The van der Waals surface area contributed by atoms with Crippen LogP contribution in [-0.2, 0) is 4.57 Å². The Labute approximate surface area is 78.1 Å². The quantitative estimate of drug-likeness (QED) is 0.376. The van der Waals surface area contributed by atoms with Crippen molar-refractivity contribution in [3.8, 4) is 0 Å². The van der Waals surface area contributed by atoms with Crippen LogP contribution in [0.1, 0.15) is 32.6 Å². The molecule has 1 atom stereocenters. The Morgan fingerprint density at radius 1 is 1.31 bits per heavy atom. The van der Waals surface area contributed by atoms with Gasteiger partial charge in [0.05, 0.1) is 0 Å². The fraction of sp³-hybridized carbons (Fsp3) is 1.00. The topological polar surface area (TPSA) is 104 Å². The summed E-state index contributed by atoms with van der Waals surface area (Å²) in [5, 5.41) is 7.47. The van der Waals surface area contributed by atoms with E-state index in [1.54, 1.807) is 0 Å². The maximum absolute atomic E-state index is 10.7. The van der Waals surface area contributed by atoms with Crippen molar-refractivity contribution in [2.75, 3.05) is 6.54 Å². The third-order valence-corrected chi connectivity index (χ3v) is 3.46. The molecule has 0 saturated heterocycles. The number of hydrogen-bond acceptors (Lipinski definition) is 3. The average molecular weight is 211 g/mol. The van der Waals surface area contributed by atoms with E-state index in [0.717, 1.165) is 19.8 Å². The van der Waals surface area contributed by atoms with Crippen molar-refractivity contribution in [1.29, 1.82) is 0 Å². The van der Waals surface area contributed by atoms with Gasteiger partial charge >= 0.3 is 7.60 Å². The molecule has 5 nitrogen and oxygen atoms in total. The van der Waals surface area contributed by atoms with Gasteiger partial charge in [0, 0.05) is 0 Å². The van der Waals surface area contributed by atoms with Gasteiger partial charge in [-0.3, -0.25) is 4.57 Å². The number of aliphatic hydroxyl groups is 1. The molecule has 0 aliphatic carbocycles. The zero-order chi connectivity index (χ0) is 10.5. The zero-order valence-electron chi connectivity index (χ0n) is 7.81. The SMILES string of the molecule is CC(O)(CCCCCN)P(=O)(O)O. The van der Waals surface area contributed by atoms with Crippen molar-refractivity contribution >= 4 is 7.60 Å². The average Bonchev–Trinajstić information content (AvgIpc) is 1.96. The van der Waals surface area contributed by atoms with Crippen molar-refractivity contribution in [2.45, 2.75) is 37.9 Å². The molecule has 80 valence electrons. The van der Waals surface area contributed by atoms with E-state index in [2.05, 4.69) is 0 Å². The lowest BCUT2D eigenvalue weighted by atomic mass is 10.1. The molecule has 0 fully saturated rings. The van der Waals surface area contributed by atoms with Crippen molar-refractivity contribution in [3.63, 3.8) is 0 Å². The second-order valence-electron chi connectivity index (χ2n) is 3.36.